The maximum Gasteiger partial charge on any atom is 0.262 e. The molecular weight excluding hydrogens is 280 g/mol. The molecule has 0 atom stereocenters. The summed E-state index contributed by atoms with van der Waals surface area (Å²) in [5.74, 6) is 0. The van der Waals surface area contributed by atoms with E-state index in [4.69, 9.17) is 0 Å². The summed E-state index contributed by atoms with van der Waals surface area (Å²) < 4.78 is 1.84. The molecule has 3 nitrogen and oxygen atoms in total. The third-order valence-corrected chi connectivity index (χ3v) is 4.73. The number of rotatable bonds is 4. The molecule has 1 aliphatic carbocycles. The fourth-order valence-electron chi connectivity index (χ4n) is 2.89. The number of benzene rings is 1. The Morgan fingerprint density at radius 3 is 2.90 bits per heavy atom. The van der Waals surface area contributed by atoms with Crippen LogP contribution in [-0.4, -0.2) is 15.8 Å². The molecular formula is C17H20N2OS. The molecule has 4 heteroatoms. The number of hydrogen-bond acceptors (Lipinski definition) is 3. The Bertz CT molecular complexity index is 733. The van der Waals surface area contributed by atoms with Crippen LogP contribution in [0.5, 0.6) is 0 Å². The van der Waals surface area contributed by atoms with Crippen LogP contribution in [0.15, 0.2) is 45.9 Å². The van der Waals surface area contributed by atoms with Crippen LogP contribution in [0.25, 0.3) is 10.9 Å². The van der Waals surface area contributed by atoms with E-state index in [9.17, 15) is 4.79 Å². The largest absolute Gasteiger partial charge is 0.287 e. The third-order valence-electron chi connectivity index (χ3n) is 4.05. The second kappa shape index (κ2) is 6.48. The number of hydrogen-bond donors (Lipinski definition) is 0. The highest BCUT2D eigenvalue weighted by atomic mass is 32.2. The fourth-order valence-corrected chi connectivity index (χ4v) is 3.47. The second-order valence-electron chi connectivity index (χ2n) is 5.43. The summed E-state index contributed by atoms with van der Waals surface area (Å²) in [4.78, 5) is 17.3. The predicted octanol–water partition coefficient (Wildman–Crippen LogP) is 4.01. The number of allylic oxidation sites excluding steroid dienone is 2. The van der Waals surface area contributed by atoms with Crippen LogP contribution in [0.1, 0.15) is 32.1 Å². The van der Waals surface area contributed by atoms with E-state index >= 15 is 0 Å². The normalized spacial score (nSPS) is 15.2. The number of nitrogens with zero attached hydrogens (tertiary/aromatic N) is 2. The topological polar surface area (TPSA) is 34.9 Å². The van der Waals surface area contributed by atoms with Crippen LogP contribution in [0, 0.1) is 0 Å². The van der Waals surface area contributed by atoms with Gasteiger partial charge in [-0.05, 0) is 50.5 Å². The van der Waals surface area contributed by atoms with Gasteiger partial charge in [-0.15, -0.1) is 0 Å². The molecule has 110 valence electrons. The van der Waals surface area contributed by atoms with Crippen LogP contribution in [0.4, 0.5) is 0 Å². The van der Waals surface area contributed by atoms with E-state index in [-0.39, 0.29) is 5.56 Å². The van der Waals surface area contributed by atoms with Crippen molar-refractivity contribution >= 4 is 22.7 Å². The van der Waals surface area contributed by atoms with Crippen molar-refractivity contribution in [1.29, 1.82) is 0 Å². The van der Waals surface area contributed by atoms with Crippen molar-refractivity contribution in [3.63, 3.8) is 0 Å². The Balaban J connectivity index is 1.94. The third kappa shape index (κ3) is 3.05. The first kappa shape index (κ1) is 14.4. The lowest BCUT2D eigenvalue weighted by atomic mass is 9.97. The maximum atomic E-state index is 12.7. The molecule has 1 aromatic carbocycles. The zero-order valence-corrected chi connectivity index (χ0v) is 13.2. The Hall–Kier alpha value is -1.55. The van der Waals surface area contributed by atoms with Crippen LogP contribution in [-0.2, 0) is 6.54 Å². The Morgan fingerprint density at radius 1 is 1.29 bits per heavy atom. The zero-order chi connectivity index (χ0) is 14.7. The highest BCUT2D eigenvalue weighted by molar-refractivity contribution is 7.98. The van der Waals surface area contributed by atoms with Gasteiger partial charge in [0.1, 0.15) is 0 Å². The van der Waals surface area contributed by atoms with Crippen molar-refractivity contribution in [1.82, 2.24) is 9.55 Å². The average molecular weight is 300 g/mol. The lowest BCUT2D eigenvalue weighted by Gasteiger charge is -2.15. The molecule has 0 unspecified atom stereocenters. The van der Waals surface area contributed by atoms with Crippen molar-refractivity contribution < 1.29 is 0 Å². The smallest absolute Gasteiger partial charge is 0.262 e. The highest BCUT2D eigenvalue weighted by Gasteiger charge is 2.11. The second-order valence-corrected chi connectivity index (χ2v) is 6.20. The van der Waals surface area contributed by atoms with E-state index in [0.717, 1.165) is 23.6 Å². The number of thioether (sulfide) groups is 1. The van der Waals surface area contributed by atoms with Crippen molar-refractivity contribution in [2.75, 3.05) is 6.26 Å². The molecule has 0 fully saturated rings. The predicted molar refractivity (Wildman–Crippen MR) is 89.0 cm³/mol. The molecule has 1 aliphatic rings. The minimum Gasteiger partial charge on any atom is -0.287 e. The standard InChI is InChI=1S/C17H20N2OS/c1-21-17-18-15-10-6-5-9-14(15)16(20)19(17)12-11-13-7-3-2-4-8-13/h5-7,9-10H,2-4,8,11-12H2,1H3. The monoisotopic (exact) mass is 300 g/mol. The molecule has 0 aliphatic heterocycles. The molecule has 0 saturated heterocycles. The van der Waals surface area contributed by atoms with E-state index in [1.54, 1.807) is 11.8 Å². The summed E-state index contributed by atoms with van der Waals surface area (Å²) in [6, 6.07) is 7.60. The Kier molecular flexibility index (Phi) is 4.44. The van der Waals surface area contributed by atoms with Gasteiger partial charge in [0.05, 0.1) is 10.9 Å². The summed E-state index contributed by atoms with van der Waals surface area (Å²) in [5, 5.41) is 1.53. The minimum atomic E-state index is 0.0846. The van der Waals surface area contributed by atoms with Crippen LogP contribution < -0.4 is 5.56 Å². The number of para-hydroxylation sites is 1. The molecule has 1 aromatic heterocycles. The summed E-state index contributed by atoms with van der Waals surface area (Å²) in [5.41, 5.74) is 2.37. The van der Waals surface area contributed by atoms with Crippen LogP contribution >= 0.6 is 11.8 Å². The van der Waals surface area contributed by atoms with Crippen LogP contribution in [0.2, 0.25) is 0 Å². The van der Waals surface area contributed by atoms with E-state index in [1.165, 1.54) is 31.3 Å². The molecule has 3 rings (SSSR count). The van der Waals surface area contributed by atoms with Gasteiger partial charge in [-0.2, -0.15) is 0 Å². The molecule has 0 saturated carbocycles. The minimum absolute atomic E-state index is 0.0846. The van der Waals surface area contributed by atoms with Gasteiger partial charge < -0.3 is 0 Å². The van der Waals surface area contributed by atoms with Gasteiger partial charge in [-0.25, -0.2) is 4.98 Å². The van der Waals surface area contributed by atoms with E-state index < -0.39 is 0 Å². The molecule has 0 radical (unpaired) electrons. The summed E-state index contributed by atoms with van der Waals surface area (Å²) in [6.45, 7) is 0.735. The summed E-state index contributed by atoms with van der Waals surface area (Å²) >= 11 is 1.54. The van der Waals surface area contributed by atoms with Gasteiger partial charge in [0.2, 0.25) is 0 Å². The van der Waals surface area contributed by atoms with Gasteiger partial charge in [0.15, 0.2) is 5.16 Å². The SMILES string of the molecule is CSc1nc2ccccc2c(=O)n1CCC1=CCCCC1. The molecule has 1 heterocycles. The average Bonchev–Trinajstić information content (AvgIpc) is 2.55. The molecule has 0 bridgehead atoms. The van der Waals surface area contributed by atoms with Crippen molar-refractivity contribution in [3.8, 4) is 0 Å². The first-order chi connectivity index (χ1) is 10.3. The molecule has 21 heavy (non-hydrogen) atoms. The first-order valence-corrected chi connectivity index (χ1v) is 8.73. The highest BCUT2D eigenvalue weighted by Crippen LogP contribution is 2.22. The van der Waals surface area contributed by atoms with Crippen molar-refractivity contribution in [3.05, 3.63) is 46.3 Å². The van der Waals surface area contributed by atoms with Gasteiger partial charge in [0, 0.05) is 6.54 Å². The Labute approximate surface area is 129 Å². The zero-order valence-electron chi connectivity index (χ0n) is 12.3. The first-order valence-electron chi connectivity index (χ1n) is 7.51. The van der Waals surface area contributed by atoms with Gasteiger partial charge >= 0.3 is 0 Å². The summed E-state index contributed by atoms with van der Waals surface area (Å²) in [7, 11) is 0. The quantitative estimate of drug-likeness (QED) is 0.486. The lowest BCUT2D eigenvalue weighted by Crippen LogP contribution is -2.23. The van der Waals surface area contributed by atoms with E-state index in [0.29, 0.717) is 5.39 Å². The maximum absolute atomic E-state index is 12.7. The molecule has 0 amide bonds. The summed E-state index contributed by atoms with van der Waals surface area (Å²) in [6.07, 6.45) is 10.3. The fraction of sp³-hybridized carbons (Fsp3) is 0.412. The van der Waals surface area contributed by atoms with Crippen LogP contribution in [0.3, 0.4) is 0 Å². The van der Waals surface area contributed by atoms with Gasteiger partial charge in [-0.1, -0.05) is 35.5 Å². The molecule has 2 aromatic rings. The molecule has 0 N–H and O–H groups in total. The van der Waals surface area contributed by atoms with Gasteiger partial charge in [-0.3, -0.25) is 9.36 Å². The van der Waals surface area contributed by atoms with E-state index in [1.807, 2.05) is 35.1 Å². The van der Waals surface area contributed by atoms with Crippen molar-refractivity contribution in [2.24, 2.45) is 0 Å². The lowest BCUT2D eigenvalue weighted by molar-refractivity contribution is 0.570. The van der Waals surface area contributed by atoms with Gasteiger partial charge in [0.25, 0.3) is 5.56 Å². The number of fused-ring (bicyclic) bond motifs is 1. The Morgan fingerprint density at radius 2 is 2.14 bits per heavy atom. The number of aromatic nitrogens is 2. The molecule has 0 spiro atoms. The van der Waals surface area contributed by atoms with E-state index in [2.05, 4.69) is 11.1 Å². The van der Waals surface area contributed by atoms with Crippen molar-refractivity contribution in [2.45, 2.75) is 43.8 Å².